The molecule has 0 unspecified atom stereocenters. The zero-order chi connectivity index (χ0) is 14.9. The molecule has 0 bridgehead atoms. The Balaban J connectivity index is 0.00000242. The van der Waals surface area contributed by atoms with Crippen LogP contribution in [0.4, 0.5) is 5.69 Å². The molecule has 124 valence electrons. The highest BCUT2D eigenvalue weighted by Crippen LogP contribution is 2.15. The molecule has 1 aromatic carbocycles. The lowest BCUT2D eigenvalue weighted by Crippen LogP contribution is -2.47. The topological polar surface area (TPSA) is 32.8 Å². The summed E-state index contributed by atoms with van der Waals surface area (Å²) in [4.78, 5) is 16.3. The Kier molecular flexibility index (Phi) is 8.94. The molecule has 0 spiro atoms. The van der Waals surface area contributed by atoms with Crippen molar-refractivity contribution in [3.63, 3.8) is 0 Å². The number of anilines is 1. The third kappa shape index (κ3) is 6.24. The second kappa shape index (κ2) is 10.5. The highest BCUT2D eigenvalue weighted by atomic mass is 35.5. The Hall–Kier alpha value is -1.26. The van der Waals surface area contributed by atoms with Crippen molar-refractivity contribution in [3.05, 3.63) is 30.3 Å². The zero-order valence-electron chi connectivity index (χ0n) is 13.4. The number of carbonyl (C=O) groups is 1. The van der Waals surface area contributed by atoms with Crippen LogP contribution < -0.4 is 4.90 Å². The number of unbranched alkanes of at least 4 members (excludes halogenated alkanes) is 1. The molecule has 0 aliphatic carbocycles. The van der Waals surface area contributed by atoms with Gasteiger partial charge in [-0.3, -0.25) is 9.69 Å². The maximum Gasteiger partial charge on any atom is 0.307 e. The van der Waals surface area contributed by atoms with Crippen LogP contribution in [0.1, 0.15) is 26.2 Å². The van der Waals surface area contributed by atoms with Crippen molar-refractivity contribution in [2.75, 3.05) is 44.2 Å². The van der Waals surface area contributed by atoms with Gasteiger partial charge in [0.15, 0.2) is 0 Å². The molecule has 0 saturated carbocycles. The normalized spacial score (nSPS) is 15.2. The molecule has 1 aliphatic heterocycles. The molecule has 4 nitrogen and oxygen atoms in total. The Bertz CT molecular complexity index is 420. The summed E-state index contributed by atoms with van der Waals surface area (Å²) >= 11 is 0. The monoisotopic (exact) mass is 326 g/mol. The summed E-state index contributed by atoms with van der Waals surface area (Å²) in [6.07, 6.45) is 2.53. The molecule has 5 heteroatoms. The number of nitrogens with zero attached hydrogens (tertiary/aromatic N) is 2. The predicted molar refractivity (Wildman–Crippen MR) is 92.8 cm³/mol. The maximum absolute atomic E-state index is 11.6. The summed E-state index contributed by atoms with van der Waals surface area (Å²) in [5.74, 6) is -0.0612. The number of halogens is 1. The Morgan fingerprint density at radius 2 is 1.82 bits per heavy atom. The fraction of sp³-hybridized carbons (Fsp3) is 0.588. The van der Waals surface area contributed by atoms with Crippen molar-refractivity contribution in [3.8, 4) is 0 Å². The largest absolute Gasteiger partial charge is 0.466 e. The molecular formula is C17H27ClN2O2. The second-order valence-corrected chi connectivity index (χ2v) is 5.49. The lowest BCUT2D eigenvalue weighted by atomic mass is 10.2. The highest BCUT2D eigenvalue weighted by Gasteiger charge is 2.17. The van der Waals surface area contributed by atoms with E-state index in [1.54, 1.807) is 0 Å². The zero-order valence-corrected chi connectivity index (χ0v) is 14.2. The predicted octanol–water partition coefficient (Wildman–Crippen LogP) is 2.96. The van der Waals surface area contributed by atoms with Gasteiger partial charge in [-0.25, -0.2) is 0 Å². The first-order valence-corrected chi connectivity index (χ1v) is 7.97. The van der Waals surface area contributed by atoms with E-state index in [9.17, 15) is 4.79 Å². The minimum atomic E-state index is -0.0612. The minimum Gasteiger partial charge on any atom is -0.466 e. The molecule has 1 fully saturated rings. The van der Waals surface area contributed by atoms with Crippen LogP contribution in [0.5, 0.6) is 0 Å². The number of rotatable bonds is 7. The maximum atomic E-state index is 11.6. The van der Waals surface area contributed by atoms with Gasteiger partial charge in [0, 0.05) is 38.4 Å². The number of piperazine rings is 1. The van der Waals surface area contributed by atoms with E-state index in [2.05, 4.69) is 41.0 Å². The molecule has 1 heterocycles. The fourth-order valence-corrected chi connectivity index (χ4v) is 2.52. The number of carbonyl (C=O) groups excluding carboxylic acids is 1. The van der Waals surface area contributed by atoms with Crippen LogP contribution in [0.25, 0.3) is 0 Å². The first kappa shape index (κ1) is 18.8. The van der Waals surface area contributed by atoms with Crippen LogP contribution in [0, 0.1) is 0 Å². The molecule has 1 saturated heterocycles. The van der Waals surface area contributed by atoms with Gasteiger partial charge in [0.05, 0.1) is 13.0 Å². The van der Waals surface area contributed by atoms with E-state index in [0.29, 0.717) is 13.0 Å². The average molecular weight is 327 g/mol. The van der Waals surface area contributed by atoms with E-state index in [-0.39, 0.29) is 18.4 Å². The highest BCUT2D eigenvalue weighted by molar-refractivity contribution is 5.85. The van der Waals surface area contributed by atoms with E-state index in [4.69, 9.17) is 4.74 Å². The SMILES string of the molecule is CCCCOC(=O)CCN1CCN(c2ccccc2)CC1.Cl. The molecule has 0 radical (unpaired) electrons. The van der Waals surface area contributed by atoms with Crippen LogP contribution in [0.2, 0.25) is 0 Å². The van der Waals surface area contributed by atoms with Crippen molar-refractivity contribution in [2.24, 2.45) is 0 Å². The molecule has 22 heavy (non-hydrogen) atoms. The standard InChI is InChI=1S/C17H26N2O2.ClH/c1-2-3-15-21-17(20)9-10-18-11-13-19(14-12-18)16-7-5-4-6-8-16;/h4-8H,2-3,9-15H2,1H3;1H. The number of hydrogen-bond donors (Lipinski definition) is 0. The van der Waals surface area contributed by atoms with Gasteiger partial charge >= 0.3 is 5.97 Å². The van der Waals surface area contributed by atoms with Crippen LogP contribution in [-0.4, -0.2) is 50.2 Å². The van der Waals surface area contributed by atoms with Gasteiger partial charge in [0.2, 0.25) is 0 Å². The third-order valence-corrected chi connectivity index (χ3v) is 3.89. The summed E-state index contributed by atoms with van der Waals surface area (Å²) in [5.41, 5.74) is 1.29. The van der Waals surface area contributed by atoms with Gasteiger partial charge < -0.3 is 9.64 Å². The number of esters is 1. The molecule has 1 aliphatic rings. The molecular weight excluding hydrogens is 300 g/mol. The number of hydrogen-bond acceptors (Lipinski definition) is 4. The van der Waals surface area contributed by atoms with Crippen LogP contribution >= 0.6 is 12.4 Å². The van der Waals surface area contributed by atoms with Crippen LogP contribution in [0.3, 0.4) is 0 Å². The first-order valence-electron chi connectivity index (χ1n) is 7.97. The van der Waals surface area contributed by atoms with Crippen molar-refractivity contribution in [1.29, 1.82) is 0 Å². The summed E-state index contributed by atoms with van der Waals surface area (Å²) in [7, 11) is 0. The van der Waals surface area contributed by atoms with Gasteiger partial charge in [0.1, 0.15) is 0 Å². The number of ether oxygens (including phenoxy) is 1. The summed E-state index contributed by atoms with van der Waals surface area (Å²) in [6, 6.07) is 10.5. The van der Waals surface area contributed by atoms with Crippen LogP contribution in [-0.2, 0) is 9.53 Å². The van der Waals surface area contributed by atoms with Gasteiger partial charge in [-0.15, -0.1) is 12.4 Å². The summed E-state index contributed by atoms with van der Waals surface area (Å²) < 4.78 is 5.19. The van der Waals surface area contributed by atoms with Gasteiger partial charge in [-0.1, -0.05) is 31.5 Å². The van der Waals surface area contributed by atoms with Gasteiger partial charge in [-0.2, -0.15) is 0 Å². The van der Waals surface area contributed by atoms with E-state index in [0.717, 1.165) is 45.6 Å². The first-order chi connectivity index (χ1) is 10.3. The molecule has 0 N–H and O–H groups in total. The van der Waals surface area contributed by atoms with Gasteiger partial charge in [-0.05, 0) is 18.6 Å². The lowest BCUT2D eigenvalue weighted by molar-refractivity contribution is -0.144. The van der Waals surface area contributed by atoms with Crippen molar-refractivity contribution in [1.82, 2.24) is 4.90 Å². The number of para-hydroxylation sites is 1. The number of benzene rings is 1. The molecule has 0 atom stereocenters. The molecule has 2 rings (SSSR count). The van der Waals surface area contributed by atoms with E-state index in [1.165, 1.54) is 5.69 Å². The smallest absolute Gasteiger partial charge is 0.307 e. The summed E-state index contributed by atoms with van der Waals surface area (Å²) in [6.45, 7) is 7.54. The average Bonchev–Trinajstić information content (AvgIpc) is 2.54. The van der Waals surface area contributed by atoms with E-state index >= 15 is 0 Å². The minimum absolute atomic E-state index is 0. The van der Waals surface area contributed by atoms with E-state index < -0.39 is 0 Å². The fourth-order valence-electron chi connectivity index (χ4n) is 2.52. The molecule has 0 aromatic heterocycles. The van der Waals surface area contributed by atoms with Crippen molar-refractivity contribution >= 4 is 24.1 Å². The molecule has 1 aromatic rings. The Morgan fingerprint density at radius 3 is 2.45 bits per heavy atom. The lowest BCUT2D eigenvalue weighted by Gasteiger charge is -2.35. The Morgan fingerprint density at radius 1 is 1.14 bits per heavy atom. The molecule has 0 amide bonds. The summed E-state index contributed by atoms with van der Waals surface area (Å²) in [5, 5.41) is 0. The van der Waals surface area contributed by atoms with Crippen molar-refractivity contribution in [2.45, 2.75) is 26.2 Å². The Labute approximate surface area is 139 Å². The van der Waals surface area contributed by atoms with Gasteiger partial charge in [0.25, 0.3) is 0 Å². The van der Waals surface area contributed by atoms with Crippen LogP contribution in [0.15, 0.2) is 30.3 Å². The third-order valence-electron chi connectivity index (χ3n) is 3.89. The second-order valence-electron chi connectivity index (χ2n) is 5.49. The van der Waals surface area contributed by atoms with Crippen molar-refractivity contribution < 1.29 is 9.53 Å². The van der Waals surface area contributed by atoms with E-state index in [1.807, 2.05) is 6.07 Å². The quantitative estimate of drug-likeness (QED) is 0.569.